The minimum Gasteiger partial charge on any atom is -0.495 e. The summed E-state index contributed by atoms with van der Waals surface area (Å²) < 4.78 is 37.2. The molecule has 0 spiro atoms. The van der Waals surface area contributed by atoms with Crippen LogP contribution in [0.15, 0.2) is 53.4 Å². The normalized spacial score (nSPS) is 12.3. The van der Waals surface area contributed by atoms with Gasteiger partial charge in [0.1, 0.15) is 5.75 Å². The van der Waals surface area contributed by atoms with Gasteiger partial charge in [0, 0.05) is 25.8 Å². The standard InChI is InChI=1S/C19H24N2O5S/c1-14(13-25-3)20-19(22)15-9-11-16(12-10-15)27(23,24)21(2)17-7-5-6-8-18(17)26-4/h5-12,14H,13H2,1-4H3,(H,20,22). The molecule has 2 aromatic carbocycles. The monoisotopic (exact) mass is 392 g/mol. The van der Waals surface area contributed by atoms with Crippen molar-refractivity contribution in [3.63, 3.8) is 0 Å². The van der Waals surface area contributed by atoms with E-state index in [1.165, 1.54) is 38.4 Å². The summed E-state index contributed by atoms with van der Waals surface area (Å²) in [6, 6.07) is 12.5. The Morgan fingerprint density at radius 3 is 2.33 bits per heavy atom. The van der Waals surface area contributed by atoms with Crippen LogP contribution in [0.4, 0.5) is 5.69 Å². The summed E-state index contributed by atoms with van der Waals surface area (Å²) in [5, 5.41) is 2.78. The molecule has 8 heteroatoms. The topological polar surface area (TPSA) is 84.9 Å². The highest BCUT2D eigenvalue weighted by atomic mass is 32.2. The molecular formula is C19H24N2O5S. The zero-order valence-corrected chi connectivity index (χ0v) is 16.6. The molecule has 1 atom stereocenters. The lowest BCUT2D eigenvalue weighted by atomic mass is 10.2. The fraction of sp³-hybridized carbons (Fsp3) is 0.316. The molecule has 0 bridgehead atoms. The predicted molar refractivity (Wildman–Crippen MR) is 104 cm³/mol. The number of para-hydroxylation sites is 2. The zero-order valence-electron chi connectivity index (χ0n) is 15.8. The first-order valence-corrected chi connectivity index (χ1v) is 9.77. The van der Waals surface area contributed by atoms with Gasteiger partial charge in [0.05, 0.1) is 24.3 Å². The third-order valence-corrected chi connectivity index (χ3v) is 5.78. The highest BCUT2D eigenvalue weighted by Gasteiger charge is 2.24. The third-order valence-electron chi connectivity index (χ3n) is 3.99. The number of methoxy groups -OCH3 is 2. The molecule has 0 aromatic heterocycles. The smallest absolute Gasteiger partial charge is 0.264 e. The van der Waals surface area contributed by atoms with Crippen LogP contribution in [0.3, 0.4) is 0 Å². The summed E-state index contributed by atoms with van der Waals surface area (Å²) in [6.07, 6.45) is 0. The molecule has 27 heavy (non-hydrogen) atoms. The van der Waals surface area contributed by atoms with Crippen molar-refractivity contribution in [1.29, 1.82) is 0 Å². The number of hydrogen-bond acceptors (Lipinski definition) is 5. The third kappa shape index (κ3) is 4.78. The van der Waals surface area contributed by atoms with Crippen LogP contribution in [0.5, 0.6) is 5.75 Å². The van der Waals surface area contributed by atoms with Crippen molar-refractivity contribution in [3.8, 4) is 5.75 Å². The van der Waals surface area contributed by atoms with E-state index in [1.807, 2.05) is 6.92 Å². The minimum atomic E-state index is -3.80. The van der Waals surface area contributed by atoms with Gasteiger partial charge in [-0.15, -0.1) is 0 Å². The molecule has 1 unspecified atom stereocenters. The van der Waals surface area contributed by atoms with Crippen molar-refractivity contribution in [2.45, 2.75) is 17.9 Å². The van der Waals surface area contributed by atoms with Gasteiger partial charge < -0.3 is 14.8 Å². The molecular weight excluding hydrogens is 368 g/mol. The van der Waals surface area contributed by atoms with Gasteiger partial charge in [0.25, 0.3) is 15.9 Å². The number of carbonyl (C=O) groups excluding carboxylic acids is 1. The van der Waals surface area contributed by atoms with Crippen LogP contribution < -0.4 is 14.4 Å². The Morgan fingerprint density at radius 1 is 1.11 bits per heavy atom. The number of ether oxygens (including phenoxy) is 2. The van der Waals surface area contributed by atoms with Gasteiger partial charge in [0.15, 0.2) is 0 Å². The number of carbonyl (C=O) groups is 1. The molecule has 0 saturated heterocycles. The molecule has 0 aliphatic rings. The number of hydrogen-bond donors (Lipinski definition) is 1. The van der Waals surface area contributed by atoms with Crippen molar-refractivity contribution in [1.82, 2.24) is 5.32 Å². The van der Waals surface area contributed by atoms with Gasteiger partial charge in [-0.3, -0.25) is 9.10 Å². The quantitative estimate of drug-likeness (QED) is 0.745. The maximum absolute atomic E-state index is 12.9. The van der Waals surface area contributed by atoms with Crippen molar-refractivity contribution in [2.24, 2.45) is 0 Å². The fourth-order valence-electron chi connectivity index (χ4n) is 2.55. The molecule has 146 valence electrons. The average Bonchev–Trinajstić information content (AvgIpc) is 2.67. The molecule has 0 aliphatic carbocycles. The second-order valence-electron chi connectivity index (χ2n) is 6.00. The van der Waals surface area contributed by atoms with Crippen LogP contribution in [0.1, 0.15) is 17.3 Å². The number of anilines is 1. The van der Waals surface area contributed by atoms with Crippen molar-refractivity contribution in [3.05, 3.63) is 54.1 Å². The van der Waals surface area contributed by atoms with E-state index in [4.69, 9.17) is 9.47 Å². The number of nitrogens with one attached hydrogen (secondary N) is 1. The summed E-state index contributed by atoms with van der Waals surface area (Å²) in [5.74, 6) is 0.160. The summed E-state index contributed by atoms with van der Waals surface area (Å²) >= 11 is 0. The number of rotatable bonds is 8. The van der Waals surface area contributed by atoms with E-state index in [0.29, 0.717) is 23.6 Å². The van der Waals surface area contributed by atoms with E-state index >= 15 is 0 Å². The highest BCUT2D eigenvalue weighted by molar-refractivity contribution is 7.92. The van der Waals surface area contributed by atoms with E-state index in [9.17, 15) is 13.2 Å². The van der Waals surface area contributed by atoms with E-state index in [0.717, 1.165) is 4.31 Å². The molecule has 0 saturated carbocycles. The molecule has 0 radical (unpaired) electrons. The Bertz CT molecular complexity index is 881. The van der Waals surface area contributed by atoms with Gasteiger partial charge in [-0.25, -0.2) is 8.42 Å². The lowest BCUT2D eigenvalue weighted by Gasteiger charge is -2.21. The van der Waals surface area contributed by atoms with E-state index < -0.39 is 10.0 Å². The van der Waals surface area contributed by atoms with E-state index in [1.54, 1.807) is 31.4 Å². The van der Waals surface area contributed by atoms with Gasteiger partial charge in [-0.05, 0) is 43.3 Å². The lowest BCUT2D eigenvalue weighted by Crippen LogP contribution is -2.35. The number of amides is 1. The largest absolute Gasteiger partial charge is 0.495 e. The molecule has 0 heterocycles. The fourth-order valence-corrected chi connectivity index (χ4v) is 3.76. The van der Waals surface area contributed by atoms with Gasteiger partial charge in [-0.2, -0.15) is 0 Å². The van der Waals surface area contributed by atoms with E-state index in [2.05, 4.69) is 5.32 Å². The molecule has 2 aromatic rings. The van der Waals surface area contributed by atoms with Crippen LogP contribution in [-0.4, -0.2) is 48.2 Å². The zero-order chi connectivity index (χ0) is 20.0. The molecule has 1 N–H and O–H groups in total. The Morgan fingerprint density at radius 2 is 1.74 bits per heavy atom. The first-order chi connectivity index (χ1) is 12.8. The molecule has 0 aliphatic heterocycles. The van der Waals surface area contributed by atoms with Crippen molar-refractivity contribution >= 4 is 21.6 Å². The van der Waals surface area contributed by atoms with Crippen molar-refractivity contribution in [2.75, 3.05) is 32.2 Å². The average molecular weight is 392 g/mol. The van der Waals surface area contributed by atoms with Gasteiger partial charge >= 0.3 is 0 Å². The minimum absolute atomic E-state index is 0.0809. The highest BCUT2D eigenvalue weighted by Crippen LogP contribution is 2.30. The summed E-state index contributed by atoms with van der Waals surface area (Å²) in [7, 11) is 0.701. The molecule has 1 amide bonds. The SMILES string of the molecule is COCC(C)NC(=O)c1ccc(S(=O)(=O)N(C)c2ccccc2OC)cc1. The predicted octanol–water partition coefficient (Wildman–Crippen LogP) is 2.29. The van der Waals surface area contributed by atoms with Crippen LogP contribution in [0, 0.1) is 0 Å². The molecule has 7 nitrogen and oxygen atoms in total. The maximum atomic E-state index is 12.9. The molecule has 0 fully saturated rings. The summed E-state index contributed by atoms with van der Waals surface area (Å²) in [6.45, 7) is 2.21. The van der Waals surface area contributed by atoms with Crippen LogP contribution >= 0.6 is 0 Å². The van der Waals surface area contributed by atoms with Crippen LogP contribution in [0.25, 0.3) is 0 Å². The second kappa shape index (κ2) is 8.88. The van der Waals surface area contributed by atoms with Crippen LogP contribution in [0.2, 0.25) is 0 Å². The van der Waals surface area contributed by atoms with Gasteiger partial charge in [0.2, 0.25) is 0 Å². The summed E-state index contributed by atoms with van der Waals surface area (Å²) in [5.41, 5.74) is 0.798. The number of benzene rings is 2. The Balaban J connectivity index is 2.23. The molecule has 2 rings (SSSR count). The van der Waals surface area contributed by atoms with Gasteiger partial charge in [-0.1, -0.05) is 12.1 Å². The first kappa shape index (κ1) is 20.7. The number of nitrogens with zero attached hydrogens (tertiary/aromatic N) is 1. The lowest BCUT2D eigenvalue weighted by molar-refractivity contribution is 0.0905. The van der Waals surface area contributed by atoms with E-state index in [-0.39, 0.29) is 16.8 Å². The Labute approximate surface area is 160 Å². The van der Waals surface area contributed by atoms with Crippen molar-refractivity contribution < 1.29 is 22.7 Å². The van der Waals surface area contributed by atoms with Crippen LogP contribution in [-0.2, 0) is 14.8 Å². The first-order valence-electron chi connectivity index (χ1n) is 8.33. The second-order valence-corrected chi connectivity index (χ2v) is 7.97. The summed E-state index contributed by atoms with van der Waals surface area (Å²) in [4.78, 5) is 12.3. The number of sulfonamides is 1. The maximum Gasteiger partial charge on any atom is 0.264 e. The Hall–Kier alpha value is -2.58. The Kier molecular flexibility index (Phi) is 6.81.